The lowest BCUT2D eigenvalue weighted by atomic mass is 10.1. The Morgan fingerprint density at radius 3 is 1.52 bits per heavy atom. The molecule has 0 fully saturated rings. The van der Waals surface area contributed by atoms with Crippen molar-refractivity contribution in [2.75, 3.05) is 0 Å². The van der Waals surface area contributed by atoms with Gasteiger partial charge in [0.2, 0.25) is 0 Å². The molecule has 0 aliphatic carbocycles. The number of para-hydroxylation sites is 2. The van der Waals surface area contributed by atoms with Crippen molar-refractivity contribution in [1.29, 1.82) is 0 Å². The lowest BCUT2D eigenvalue weighted by Gasteiger charge is -2.25. The number of halogens is 2. The molecule has 9 heteroatoms. The summed E-state index contributed by atoms with van der Waals surface area (Å²) >= 11 is 0. The first-order chi connectivity index (χ1) is 22.1. The lowest BCUT2D eigenvalue weighted by Crippen LogP contribution is -2.32. The van der Waals surface area contributed by atoms with Gasteiger partial charge in [-0.15, -0.1) is 4.98 Å². The van der Waals surface area contributed by atoms with E-state index >= 15 is 13.3 Å². The summed E-state index contributed by atoms with van der Waals surface area (Å²) in [5, 5.41) is 0.133. The summed E-state index contributed by atoms with van der Waals surface area (Å²) < 4.78 is 60.4. The van der Waals surface area contributed by atoms with E-state index in [-0.39, 0.29) is 23.4 Å². The summed E-state index contributed by atoms with van der Waals surface area (Å²) in [6.07, 6.45) is 0. The van der Waals surface area contributed by atoms with Crippen LogP contribution >= 0.6 is 7.14 Å². The van der Waals surface area contributed by atoms with Gasteiger partial charge in [0, 0.05) is 10.6 Å². The maximum atomic E-state index is 17.0. The second-order valence-electron chi connectivity index (χ2n) is 11.0. The van der Waals surface area contributed by atoms with Crippen LogP contribution in [0.3, 0.4) is 0 Å². The van der Waals surface area contributed by atoms with Crippen LogP contribution in [0.4, 0.5) is 8.78 Å². The molecule has 230 valence electrons. The quantitative estimate of drug-likeness (QED) is 0.157. The fourth-order valence-corrected chi connectivity index (χ4v) is 8.63. The second kappa shape index (κ2) is 12.7. The zero-order valence-electron chi connectivity index (χ0n) is 25.7. The van der Waals surface area contributed by atoms with Gasteiger partial charge < -0.3 is 14.0 Å². The van der Waals surface area contributed by atoms with Gasteiger partial charge in [-0.2, -0.15) is 9.97 Å². The molecule has 0 atom stereocenters. The van der Waals surface area contributed by atoms with E-state index in [0.29, 0.717) is 33.2 Å². The molecule has 6 rings (SSSR count). The van der Waals surface area contributed by atoms with E-state index in [9.17, 15) is 0 Å². The zero-order chi connectivity index (χ0) is 32.4. The highest BCUT2D eigenvalue weighted by Gasteiger charge is 2.39. The van der Waals surface area contributed by atoms with Crippen LogP contribution in [0.15, 0.2) is 109 Å². The first-order valence-electron chi connectivity index (χ1n) is 14.6. The Labute approximate surface area is 266 Å². The van der Waals surface area contributed by atoms with Gasteiger partial charge in [-0.05, 0) is 75.2 Å². The molecular weight excluding hydrogens is 603 g/mol. The van der Waals surface area contributed by atoms with E-state index < -0.39 is 24.1 Å². The predicted octanol–water partition coefficient (Wildman–Crippen LogP) is 8.27. The summed E-state index contributed by atoms with van der Waals surface area (Å²) in [7, 11) is -4.13. The Morgan fingerprint density at radius 1 is 0.587 bits per heavy atom. The fourth-order valence-electron chi connectivity index (χ4n) is 5.43. The zero-order valence-corrected chi connectivity index (χ0v) is 26.6. The number of aryl methyl sites for hydroxylation is 4. The van der Waals surface area contributed by atoms with Crippen LogP contribution in [-0.2, 0) is 4.57 Å². The van der Waals surface area contributed by atoms with Crippen LogP contribution in [0.25, 0.3) is 11.4 Å². The predicted molar refractivity (Wildman–Crippen MR) is 177 cm³/mol. The highest BCUT2D eigenvalue weighted by Crippen LogP contribution is 2.47. The van der Waals surface area contributed by atoms with Crippen molar-refractivity contribution in [2.45, 2.75) is 27.7 Å². The number of ether oxygens (including phenoxy) is 2. The summed E-state index contributed by atoms with van der Waals surface area (Å²) in [6, 6.07) is 30.3. The molecule has 6 aromatic rings. The third kappa shape index (κ3) is 6.04. The van der Waals surface area contributed by atoms with Crippen LogP contribution in [-0.4, -0.2) is 15.0 Å². The summed E-state index contributed by atoms with van der Waals surface area (Å²) in [6.45, 7) is 7.41. The van der Waals surface area contributed by atoms with Crippen LogP contribution in [0.2, 0.25) is 0 Å². The average Bonchev–Trinajstić information content (AvgIpc) is 3.02. The summed E-state index contributed by atoms with van der Waals surface area (Å²) in [5.74, 6) is -1.32. The van der Waals surface area contributed by atoms with E-state index in [0.717, 1.165) is 17.2 Å². The summed E-state index contributed by atoms with van der Waals surface area (Å²) in [4.78, 5) is 13.0. The van der Waals surface area contributed by atoms with Gasteiger partial charge in [-0.25, -0.2) is 8.78 Å². The van der Waals surface area contributed by atoms with Gasteiger partial charge in [0.15, 0.2) is 13.0 Å². The molecule has 0 saturated heterocycles. The van der Waals surface area contributed by atoms with Crippen molar-refractivity contribution in [2.24, 2.45) is 0 Å². The van der Waals surface area contributed by atoms with Crippen molar-refractivity contribution in [1.82, 2.24) is 15.0 Å². The van der Waals surface area contributed by atoms with E-state index in [4.69, 9.17) is 9.47 Å². The van der Waals surface area contributed by atoms with Crippen LogP contribution < -0.4 is 25.4 Å². The number of nitrogens with zero attached hydrogens (tertiary/aromatic N) is 3. The minimum absolute atomic E-state index is 0.167. The Hall–Kier alpha value is -5.20. The topological polar surface area (TPSA) is 74.2 Å². The molecule has 0 bridgehead atoms. The van der Waals surface area contributed by atoms with Crippen molar-refractivity contribution in [3.8, 4) is 34.9 Å². The standard InChI is InChI=1S/C37H30F2N3O3P/c1-23-15-19-31(25(3)21-23)46(43,32-20-16-24(2)22-26(32)4)34-30(38)18-17-29(33(34)39)35-40-36(44-27-11-7-5-8-12-27)42-37(41-35)45-28-13-9-6-10-14-28/h5-22H,1-4H3. The molecule has 1 aromatic heterocycles. The van der Waals surface area contributed by atoms with E-state index in [1.807, 2.05) is 38.1 Å². The van der Waals surface area contributed by atoms with Gasteiger partial charge in [-0.3, -0.25) is 0 Å². The third-order valence-electron chi connectivity index (χ3n) is 7.50. The smallest absolute Gasteiger partial charge is 0.328 e. The number of hydrogen-bond donors (Lipinski definition) is 0. The SMILES string of the molecule is Cc1ccc(P(=O)(c2ccc(C)cc2C)c2c(F)ccc(-c3nc(Oc4ccccc4)nc(Oc4ccccc4)n3)c2F)c(C)c1. The van der Waals surface area contributed by atoms with Crippen LogP contribution in [0.1, 0.15) is 22.3 Å². The number of hydrogen-bond acceptors (Lipinski definition) is 6. The largest absolute Gasteiger partial charge is 0.424 e. The molecule has 0 saturated carbocycles. The number of aromatic nitrogens is 3. The molecule has 0 amide bonds. The first-order valence-corrected chi connectivity index (χ1v) is 16.3. The number of rotatable bonds is 8. The molecular formula is C37H30F2N3O3P. The number of benzene rings is 5. The van der Waals surface area contributed by atoms with Crippen LogP contribution in [0, 0.1) is 39.3 Å². The van der Waals surface area contributed by atoms with Crippen LogP contribution in [0.5, 0.6) is 23.5 Å². The molecule has 0 spiro atoms. The molecule has 5 aromatic carbocycles. The molecule has 6 nitrogen and oxygen atoms in total. The molecule has 1 heterocycles. The molecule has 0 radical (unpaired) electrons. The lowest BCUT2D eigenvalue weighted by molar-refractivity contribution is 0.398. The second-order valence-corrected chi connectivity index (χ2v) is 13.6. The van der Waals surface area contributed by atoms with E-state index in [1.54, 1.807) is 86.6 Å². The highest BCUT2D eigenvalue weighted by atomic mass is 31.2. The average molecular weight is 634 g/mol. The maximum Gasteiger partial charge on any atom is 0.328 e. The van der Waals surface area contributed by atoms with Crippen molar-refractivity contribution in [3.63, 3.8) is 0 Å². The van der Waals surface area contributed by atoms with E-state index in [1.165, 1.54) is 6.07 Å². The molecule has 0 N–H and O–H groups in total. The maximum absolute atomic E-state index is 17.0. The van der Waals surface area contributed by atoms with Gasteiger partial charge in [0.1, 0.15) is 23.1 Å². The van der Waals surface area contributed by atoms with Crippen molar-refractivity contribution in [3.05, 3.63) is 143 Å². The van der Waals surface area contributed by atoms with Crippen molar-refractivity contribution < 1.29 is 22.8 Å². The Bertz CT molecular complexity index is 1990. The molecule has 0 unspecified atom stereocenters. The van der Waals surface area contributed by atoms with Gasteiger partial charge in [0.05, 0.1) is 10.9 Å². The molecule has 0 aliphatic heterocycles. The Balaban J connectivity index is 1.58. The fraction of sp³-hybridized carbons (Fsp3) is 0.108. The minimum atomic E-state index is -4.13. The Morgan fingerprint density at radius 2 is 1.07 bits per heavy atom. The van der Waals surface area contributed by atoms with Gasteiger partial charge in [0.25, 0.3) is 0 Å². The molecule has 0 aliphatic rings. The highest BCUT2D eigenvalue weighted by molar-refractivity contribution is 7.85. The normalized spacial score (nSPS) is 11.3. The Kier molecular flexibility index (Phi) is 8.48. The molecule has 46 heavy (non-hydrogen) atoms. The van der Waals surface area contributed by atoms with E-state index in [2.05, 4.69) is 15.0 Å². The van der Waals surface area contributed by atoms with Gasteiger partial charge >= 0.3 is 12.0 Å². The van der Waals surface area contributed by atoms with Crippen molar-refractivity contribution >= 4 is 23.1 Å². The van der Waals surface area contributed by atoms with Gasteiger partial charge in [-0.1, -0.05) is 83.9 Å². The first kappa shape index (κ1) is 30.8. The monoisotopic (exact) mass is 633 g/mol. The third-order valence-corrected chi connectivity index (χ3v) is 10.9. The minimum Gasteiger partial charge on any atom is -0.424 e. The summed E-state index contributed by atoms with van der Waals surface area (Å²) in [5.41, 5.74) is 2.99.